The van der Waals surface area contributed by atoms with E-state index in [-0.39, 0.29) is 6.03 Å². The zero-order chi connectivity index (χ0) is 18.4. The van der Waals surface area contributed by atoms with Crippen LogP contribution in [0.4, 0.5) is 4.79 Å². The Bertz CT molecular complexity index is 691. The molecule has 0 bridgehead atoms. The van der Waals surface area contributed by atoms with Gasteiger partial charge in [-0.2, -0.15) is 0 Å². The molecule has 1 heterocycles. The molecule has 1 aliphatic rings. The minimum atomic E-state index is 0.131. The molecule has 1 aliphatic heterocycles. The van der Waals surface area contributed by atoms with E-state index in [9.17, 15) is 4.79 Å². The van der Waals surface area contributed by atoms with Crippen LogP contribution >= 0.6 is 0 Å². The van der Waals surface area contributed by atoms with Gasteiger partial charge < -0.3 is 15.5 Å². The molecular formula is C22H29N3O. The first-order valence-electron chi connectivity index (χ1n) is 9.47. The molecule has 1 fully saturated rings. The van der Waals surface area contributed by atoms with E-state index in [1.165, 1.54) is 5.56 Å². The summed E-state index contributed by atoms with van der Waals surface area (Å²) in [4.78, 5) is 16.5. The van der Waals surface area contributed by atoms with Crippen molar-refractivity contribution in [3.05, 3.63) is 71.3 Å². The molecule has 0 radical (unpaired) electrons. The number of piperidine rings is 1. The topological polar surface area (TPSA) is 49.6 Å². The smallest absolute Gasteiger partial charge is 0.320 e. The fraction of sp³-hybridized carbons (Fsp3) is 0.409. The number of hydrogen-bond donors (Lipinski definition) is 1. The second-order valence-electron chi connectivity index (χ2n) is 7.28. The molecule has 0 atom stereocenters. The van der Waals surface area contributed by atoms with Crippen LogP contribution in [0.2, 0.25) is 0 Å². The van der Waals surface area contributed by atoms with Crippen LogP contribution in [0.5, 0.6) is 0 Å². The summed E-state index contributed by atoms with van der Waals surface area (Å²) < 4.78 is 0. The first kappa shape index (κ1) is 18.5. The molecule has 26 heavy (non-hydrogen) atoms. The number of carbonyl (C=O) groups is 1. The van der Waals surface area contributed by atoms with Crippen LogP contribution in [0, 0.1) is 5.92 Å². The molecule has 138 valence electrons. The summed E-state index contributed by atoms with van der Waals surface area (Å²) >= 11 is 0. The van der Waals surface area contributed by atoms with Gasteiger partial charge in [0.2, 0.25) is 0 Å². The molecule has 2 aromatic carbocycles. The molecule has 0 saturated carbocycles. The van der Waals surface area contributed by atoms with E-state index in [1.807, 2.05) is 29.0 Å². The number of urea groups is 1. The third-order valence-corrected chi connectivity index (χ3v) is 5.26. The molecular weight excluding hydrogens is 322 g/mol. The van der Waals surface area contributed by atoms with Crippen molar-refractivity contribution in [3.8, 4) is 0 Å². The largest absolute Gasteiger partial charge is 0.326 e. The Morgan fingerprint density at radius 2 is 1.62 bits per heavy atom. The Hall–Kier alpha value is -2.33. The molecule has 1 saturated heterocycles. The SMILES string of the molecule is CN(Cc1ccc(CN)cc1)C(=O)N1CCC(Cc2ccccc2)CC1. The molecule has 0 spiro atoms. The van der Waals surface area contributed by atoms with Gasteiger partial charge in [0.1, 0.15) is 0 Å². The summed E-state index contributed by atoms with van der Waals surface area (Å²) in [5.41, 5.74) is 9.28. The number of nitrogens with two attached hydrogens (primary N) is 1. The standard InChI is InChI=1S/C22H29N3O/c1-24(17-21-9-7-20(16-23)8-10-21)22(26)25-13-11-19(12-14-25)15-18-5-3-2-4-6-18/h2-10,19H,11-17,23H2,1H3. The number of carbonyl (C=O) groups excluding carboxylic acids is 1. The summed E-state index contributed by atoms with van der Waals surface area (Å²) in [7, 11) is 1.88. The highest BCUT2D eigenvalue weighted by Gasteiger charge is 2.25. The van der Waals surface area contributed by atoms with Crippen LogP contribution < -0.4 is 5.73 Å². The molecule has 2 amide bonds. The van der Waals surface area contributed by atoms with E-state index in [4.69, 9.17) is 5.73 Å². The second kappa shape index (κ2) is 8.86. The summed E-state index contributed by atoms with van der Waals surface area (Å²) in [6.45, 7) is 2.89. The van der Waals surface area contributed by atoms with Crippen molar-refractivity contribution >= 4 is 6.03 Å². The second-order valence-corrected chi connectivity index (χ2v) is 7.28. The van der Waals surface area contributed by atoms with Crippen molar-refractivity contribution in [2.24, 2.45) is 11.7 Å². The van der Waals surface area contributed by atoms with E-state index in [1.54, 1.807) is 0 Å². The van der Waals surface area contributed by atoms with Gasteiger partial charge in [0.25, 0.3) is 0 Å². The predicted molar refractivity (Wildman–Crippen MR) is 106 cm³/mol. The van der Waals surface area contributed by atoms with Gasteiger partial charge in [0.15, 0.2) is 0 Å². The van der Waals surface area contributed by atoms with Crippen LogP contribution in [0.15, 0.2) is 54.6 Å². The minimum Gasteiger partial charge on any atom is -0.326 e. The van der Waals surface area contributed by atoms with Crippen molar-refractivity contribution in [3.63, 3.8) is 0 Å². The van der Waals surface area contributed by atoms with Gasteiger partial charge >= 0.3 is 6.03 Å². The van der Waals surface area contributed by atoms with Gasteiger partial charge in [-0.25, -0.2) is 4.79 Å². The predicted octanol–water partition coefficient (Wildman–Crippen LogP) is 3.65. The van der Waals surface area contributed by atoms with E-state index in [2.05, 4.69) is 42.5 Å². The molecule has 2 N–H and O–H groups in total. The molecule has 4 nitrogen and oxygen atoms in total. The quantitative estimate of drug-likeness (QED) is 0.894. The van der Waals surface area contributed by atoms with Crippen LogP contribution in [-0.4, -0.2) is 36.0 Å². The Kier molecular flexibility index (Phi) is 6.29. The summed E-state index contributed by atoms with van der Waals surface area (Å²) in [6.07, 6.45) is 3.28. The molecule has 3 rings (SSSR count). The van der Waals surface area contributed by atoms with Crippen LogP contribution in [0.25, 0.3) is 0 Å². The number of benzene rings is 2. The lowest BCUT2D eigenvalue weighted by atomic mass is 9.90. The summed E-state index contributed by atoms with van der Waals surface area (Å²) in [5.74, 6) is 0.676. The maximum absolute atomic E-state index is 12.7. The lowest BCUT2D eigenvalue weighted by molar-refractivity contribution is 0.138. The zero-order valence-electron chi connectivity index (χ0n) is 15.6. The van der Waals surface area contributed by atoms with Crippen molar-refractivity contribution in [1.82, 2.24) is 9.80 Å². The van der Waals surface area contributed by atoms with E-state index >= 15 is 0 Å². The number of nitrogens with zero attached hydrogens (tertiary/aromatic N) is 2. The number of amides is 2. The highest BCUT2D eigenvalue weighted by atomic mass is 16.2. The Morgan fingerprint density at radius 1 is 1.00 bits per heavy atom. The molecule has 4 heteroatoms. The fourth-order valence-corrected chi connectivity index (χ4v) is 3.64. The maximum Gasteiger partial charge on any atom is 0.320 e. The first-order valence-corrected chi connectivity index (χ1v) is 9.47. The third kappa shape index (κ3) is 4.85. The Balaban J connectivity index is 1.47. The monoisotopic (exact) mass is 351 g/mol. The van der Waals surface area contributed by atoms with E-state index in [0.29, 0.717) is 19.0 Å². The van der Waals surface area contributed by atoms with Crippen molar-refractivity contribution < 1.29 is 4.79 Å². The van der Waals surface area contributed by atoms with Crippen molar-refractivity contribution in [2.75, 3.05) is 20.1 Å². The van der Waals surface area contributed by atoms with Crippen LogP contribution in [0.3, 0.4) is 0 Å². The van der Waals surface area contributed by atoms with E-state index < -0.39 is 0 Å². The summed E-state index contributed by atoms with van der Waals surface area (Å²) in [6, 6.07) is 19.0. The van der Waals surface area contributed by atoms with Crippen molar-refractivity contribution in [2.45, 2.75) is 32.4 Å². The van der Waals surface area contributed by atoms with Gasteiger partial charge in [0, 0.05) is 33.2 Å². The highest BCUT2D eigenvalue weighted by Crippen LogP contribution is 2.22. The minimum absolute atomic E-state index is 0.131. The van der Waals surface area contributed by atoms with Gasteiger partial charge in [0.05, 0.1) is 0 Å². The van der Waals surface area contributed by atoms with Crippen LogP contribution in [0.1, 0.15) is 29.5 Å². The fourth-order valence-electron chi connectivity index (χ4n) is 3.64. The summed E-state index contributed by atoms with van der Waals surface area (Å²) in [5, 5.41) is 0. The molecule has 2 aromatic rings. The molecule has 0 unspecified atom stereocenters. The zero-order valence-corrected chi connectivity index (χ0v) is 15.6. The Labute approximate surface area is 156 Å². The first-order chi connectivity index (χ1) is 12.7. The average molecular weight is 351 g/mol. The normalized spacial score (nSPS) is 15.1. The van der Waals surface area contributed by atoms with Gasteiger partial charge in [-0.15, -0.1) is 0 Å². The van der Waals surface area contributed by atoms with Gasteiger partial charge in [-0.3, -0.25) is 0 Å². The Morgan fingerprint density at radius 3 is 2.23 bits per heavy atom. The number of rotatable bonds is 5. The average Bonchev–Trinajstić information content (AvgIpc) is 2.69. The number of likely N-dealkylation sites (tertiary alicyclic amines) is 1. The lowest BCUT2D eigenvalue weighted by Crippen LogP contribution is -2.45. The van der Waals surface area contributed by atoms with Gasteiger partial charge in [-0.1, -0.05) is 54.6 Å². The number of hydrogen-bond acceptors (Lipinski definition) is 2. The highest BCUT2D eigenvalue weighted by molar-refractivity contribution is 5.74. The maximum atomic E-state index is 12.7. The third-order valence-electron chi connectivity index (χ3n) is 5.26. The lowest BCUT2D eigenvalue weighted by Gasteiger charge is -2.34. The van der Waals surface area contributed by atoms with E-state index in [0.717, 1.165) is 43.5 Å². The van der Waals surface area contributed by atoms with Gasteiger partial charge in [-0.05, 0) is 41.9 Å². The van der Waals surface area contributed by atoms with Crippen LogP contribution in [-0.2, 0) is 19.5 Å². The molecule has 0 aromatic heterocycles. The molecule has 0 aliphatic carbocycles. The van der Waals surface area contributed by atoms with Crippen molar-refractivity contribution in [1.29, 1.82) is 0 Å².